The zero-order valence-corrected chi connectivity index (χ0v) is 25.4. The SMILES string of the molecule is C=C(NC1CCN(Cc2ccc(C(N)C(C3=CCCC=C3N)c3ccccc3)cc2)C1)c1cc(C)cc(C)c1.CC. The second-order valence-electron chi connectivity index (χ2n) is 11.3. The van der Waals surface area contributed by atoms with Gasteiger partial charge in [-0.25, -0.2) is 0 Å². The van der Waals surface area contributed by atoms with Gasteiger partial charge < -0.3 is 16.8 Å². The summed E-state index contributed by atoms with van der Waals surface area (Å²) in [6.45, 7) is 15.6. The first-order chi connectivity index (χ1) is 19.9. The van der Waals surface area contributed by atoms with Crippen LogP contribution in [0.5, 0.6) is 0 Å². The van der Waals surface area contributed by atoms with Crippen molar-refractivity contribution in [2.45, 2.75) is 71.5 Å². The minimum atomic E-state index is -0.172. The highest BCUT2D eigenvalue weighted by Gasteiger charge is 2.28. The van der Waals surface area contributed by atoms with Crippen LogP contribution in [0, 0.1) is 13.8 Å². The molecule has 1 aliphatic heterocycles. The lowest BCUT2D eigenvalue weighted by atomic mass is 9.79. The Hall–Kier alpha value is -3.60. The number of allylic oxidation sites excluding steroid dienone is 3. The first kappa shape index (κ1) is 30.4. The fourth-order valence-corrected chi connectivity index (χ4v) is 6.13. The van der Waals surface area contributed by atoms with Gasteiger partial charge in [0.15, 0.2) is 0 Å². The summed E-state index contributed by atoms with van der Waals surface area (Å²) in [6.07, 6.45) is 7.53. The van der Waals surface area contributed by atoms with Crippen LogP contribution >= 0.6 is 0 Å². The number of benzene rings is 3. The smallest absolute Gasteiger partial charge is 0.0406 e. The first-order valence-corrected chi connectivity index (χ1v) is 15.2. The topological polar surface area (TPSA) is 67.3 Å². The summed E-state index contributed by atoms with van der Waals surface area (Å²) in [6, 6.07) is 26.3. The van der Waals surface area contributed by atoms with Crippen molar-refractivity contribution in [1.29, 1.82) is 0 Å². The maximum absolute atomic E-state index is 6.96. The number of hydrogen-bond donors (Lipinski definition) is 3. The molecule has 3 atom stereocenters. The van der Waals surface area contributed by atoms with E-state index in [1.807, 2.05) is 19.9 Å². The second-order valence-corrected chi connectivity index (χ2v) is 11.3. The largest absolute Gasteiger partial charge is 0.399 e. The van der Waals surface area contributed by atoms with Gasteiger partial charge in [0.05, 0.1) is 0 Å². The quantitative estimate of drug-likeness (QED) is 0.259. The van der Waals surface area contributed by atoms with E-state index in [2.05, 4.69) is 110 Å². The van der Waals surface area contributed by atoms with E-state index in [4.69, 9.17) is 11.5 Å². The highest BCUT2D eigenvalue weighted by Crippen LogP contribution is 2.39. The molecule has 3 aromatic rings. The molecule has 216 valence electrons. The summed E-state index contributed by atoms with van der Waals surface area (Å²) < 4.78 is 0. The van der Waals surface area contributed by atoms with Crippen LogP contribution in [0.2, 0.25) is 0 Å². The van der Waals surface area contributed by atoms with Gasteiger partial charge in [-0.05, 0) is 73.1 Å². The summed E-state index contributed by atoms with van der Waals surface area (Å²) in [5, 5.41) is 3.68. The Morgan fingerprint density at radius 1 is 0.927 bits per heavy atom. The average Bonchev–Trinajstić information content (AvgIpc) is 3.42. The summed E-state index contributed by atoms with van der Waals surface area (Å²) in [5.41, 5.74) is 23.8. The molecule has 5 rings (SSSR count). The second kappa shape index (κ2) is 14.3. The lowest BCUT2D eigenvalue weighted by Crippen LogP contribution is -2.31. The third kappa shape index (κ3) is 7.78. The van der Waals surface area contributed by atoms with E-state index in [1.54, 1.807) is 0 Å². The van der Waals surface area contributed by atoms with E-state index in [0.29, 0.717) is 6.04 Å². The van der Waals surface area contributed by atoms with E-state index in [-0.39, 0.29) is 12.0 Å². The Morgan fingerprint density at radius 2 is 1.59 bits per heavy atom. The van der Waals surface area contributed by atoms with E-state index in [0.717, 1.165) is 61.4 Å². The predicted molar refractivity (Wildman–Crippen MR) is 175 cm³/mol. The molecule has 1 saturated heterocycles. The van der Waals surface area contributed by atoms with Crippen molar-refractivity contribution in [2.75, 3.05) is 13.1 Å². The molecular formula is C37H48N4. The molecule has 0 amide bonds. The number of nitrogens with two attached hydrogens (primary N) is 2. The van der Waals surface area contributed by atoms with Crippen LogP contribution in [-0.2, 0) is 6.54 Å². The van der Waals surface area contributed by atoms with Crippen LogP contribution in [0.15, 0.2) is 103 Å². The van der Waals surface area contributed by atoms with Crippen molar-refractivity contribution >= 4 is 5.70 Å². The van der Waals surface area contributed by atoms with Gasteiger partial charge in [0.25, 0.3) is 0 Å². The van der Waals surface area contributed by atoms with Crippen LogP contribution in [-0.4, -0.2) is 24.0 Å². The van der Waals surface area contributed by atoms with Gasteiger partial charge in [0, 0.05) is 49.0 Å². The molecule has 0 spiro atoms. The summed E-state index contributed by atoms with van der Waals surface area (Å²) in [7, 11) is 0. The molecule has 4 nitrogen and oxygen atoms in total. The fourth-order valence-electron chi connectivity index (χ4n) is 6.13. The summed E-state index contributed by atoms with van der Waals surface area (Å²) in [4.78, 5) is 2.52. The van der Waals surface area contributed by atoms with Crippen molar-refractivity contribution < 1.29 is 0 Å². The van der Waals surface area contributed by atoms with Gasteiger partial charge >= 0.3 is 0 Å². The molecule has 0 radical (unpaired) electrons. The monoisotopic (exact) mass is 548 g/mol. The first-order valence-electron chi connectivity index (χ1n) is 15.2. The average molecular weight is 549 g/mol. The highest BCUT2D eigenvalue weighted by molar-refractivity contribution is 5.63. The molecule has 5 N–H and O–H groups in total. The molecular weight excluding hydrogens is 500 g/mol. The molecule has 1 aliphatic carbocycles. The number of nitrogens with zero attached hydrogens (tertiary/aromatic N) is 1. The number of likely N-dealkylation sites (tertiary alicyclic amines) is 1. The van der Waals surface area contributed by atoms with Gasteiger partial charge in [-0.1, -0.05) is 104 Å². The van der Waals surface area contributed by atoms with Crippen molar-refractivity contribution in [2.24, 2.45) is 11.5 Å². The van der Waals surface area contributed by atoms with E-state index < -0.39 is 0 Å². The lowest BCUT2D eigenvalue weighted by molar-refractivity contribution is 0.324. The molecule has 0 saturated carbocycles. The predicted octanol–water partition coefficient (Wildman–Crippen LogP) is 7.51. The molecule has 1 heterocycles. The Labute approximate surface area is 247 Å². The minimum Gasteiger partial charge on any atom is -0.399 e. The zero-order chi connectivity index (χ0) is 29.4. The van der Waals surface area contributed by atoms with Crippen LogP contribution in [0.3, 0.4) is 0 Å². The standard InChI is InChI=1S/C35H42N4.C2H6/c1-24-19-25(2)21-30(20-24)26(3)38-31-17-18-39(23-31)22-27-13-15-29(16-14-27)35(37)34(28-9-5-4-6-10-28)32-11-7-8-12-33(32)36;1-2/h4-6,9-16,19-21,31,34-35,38H,3,7-8,17-18,22-23,36-37H2,1-2H3;1-2H3. The molecule has 1 fully saturated rings. The Balaban J connectivity index is 0.00000189. The third-order valence-corrected chi connectivity index (χ3v) is 8.07. The number of nitrogens with one attached hydrogen (secondary N) is 1. The molecule has 41 heavy (non-hydrogen) atoms. The number of hydrogen-bond acceptors (Lipinski definition) is 4. The highest BCUT2D eigenvalue weighted by atomic mass is 15.2. The Morgan fingerprint density at radius 3 is 2.24 bits per heavy atom. The Kier molecular flexibility index (Phi) is 10.6. The number of rotatable bonds is 9. The zero-order valence-electron chi connectivity index (χ0n) is 25.4. The van der Waals surface area contributed by atoms with Gasteiger partial charge in [0.2, 0.25) is 0 Å². The Bertz CT molecular complexity index is 1330. The lowest BCUT2D eigenvalue weighted by Gasteiger charge is -2.29. The minimum absolute atomic E-state index is 0.0318. The fraction of sp³-hybridized carbons (Fsp3) is 0.351. The van der Waals surface area contributed by atoms with Gasteiger partial charge in [-0.2, -0.15) is 0 Å². The normalized spacial score (nSPS) is 18.4. The summed E-state index contributed by atoms with van der Waals surface area (Å²) in [5.74, 6) is 0.0318. The molecule has 3 aromatic carbocycles. The van der Waals surface area contributed by atoms with Gasteiger partial charge in [0.1, 0.15) is 0 Å². The van der Waals surface area contributed by atoms with Crippen LogP contribution in [0.1, 0.15) is 78.5 Å². The number of aryl methyl sites for hydroxylation is 2. The van der Waals surface area contributed by atoms with Crippen molar-refractivity contribution in [3.63, 3.8) is 0 Å². The maximum atomic E-state index is 6.96. The molecule has 4 heteroatoms. The van der Waals surface area contributed by atoms with Crippen LogP contribution in [0.25, 0.3) is 5.70 Å². The van der Waals surface area contributed by atoms with Crippen LogP contribution in [0.4, 0.5) is 0 Å². The molecule has 3 unspecified atom stereocenters. The molecule has 0 aromatic heterocycles. The maximum Gasteiger partial charge on any atom is 0.0406 e. The molecule has 0 bridgehead atoms. The van der Waals surface area contributed by atoms with Gasteiger partial charge in [-0.3, -0.25) is 4.90 Å². The van der Waals surface area contributed by atoms with E-state index in [9.17, 15) is 0 Å². The third-order valence-electron chi connectivity index (χ3n) is 8.07. The van der Waals surface area contributed by atoms with E-state index in [1.165, 1.54) is 27.8 Å². The summed E-state index contributed by atoms with van der Waals surface area (Å²) >= 11 is 0. The van der Waals surface area contributed by atoms with Crippen LogP contribution < -0.4 is 16.8 Å². The van der Waals surface area contributed by atoms with Crippen molar-refractivity contribution in [3.8, 4) is 0 Å². The van der Waals surface area contributed by atoms with E-state index >= 15 is 0 Å². The van der Waals surface area contributed by atoms with Crippen molar-refractivity contribution in [3.05, 3.63) is 136 Å². The van der Waals surface area contributed by atoms with Gasteiger partial charge in [-0.15, -0.1) is 0 Å². The van der Waals surface area contributed by atoms with Crippen molar-refractivity contribution in [1.82, 2.24) is 10.2 Å². The molecule has 2 aliphatic rings.